The van der Waals surface area contributed by atoms with Gasteiger partial charge in [0.15, 0.2) is 5.78 Å². The lowest BCUT2D eigenvalue weighted by Gasteiger charge is -2.49. The van der Waals surface area contributed by atoms with E-state index in [4.69, 9.17) is 4.74 Å². The highest BCUT2D eigenvalue weighted by Crippen LogP contribution is 2.45. The standard InChI is InChI=1S/C17H24O7/c1-8(18)14-11(4)24-17(12(5)21,7-13(22)23-6)16(10(3)20)15(14)9(2)19/h11,14-16H,7H2,1-6H3/t11-,14-,15+,16+,17+/m0/s1. The van der Waals surface area contributed by atoms with Gasteiger partial charge in [0.25, 0.3) is 0 Å². The first-order valence-electron chi connectivity index (χ1n) is 7.76. The maximum Gasteiger partial charge on any atom is 0.308 e. The molecule has 0 aromatic carbocycles. The van der Waals surface area contributed by atoms with Crippen molar-refractivity contribution in [3.8, 4) is 0 Å². The summed E-state index contributed by atoms with van der Waals surface area (Å²) in [4.78, 5) is 60.8. The van der Waals surface area contributed by atoms with Crippen LogP contribution in [0.15, 0.2) is 0 Å². The molecule has 0 amide bonds. The number of rotatable bonds is 6. The van der Waals surface area contributed by atoms with Crippen LogP contribution >= 0.6 is 0 Å². The van der Waals surface area contributed by atoms with Crippen LogP contribution in [0.1, 0.15) is 41.0 Å². The van der Waals surface area contributed by atoms with Gasteiger partial charge < -0.3 is 9.47 Å². The summed E-state index contributed by atoms with van der Waals surface area (Å²) < 4.78 is 10.4. The molecule has 5 atom stereocenters. The minimum absolute atomic E-state index is 0.302. The number of methoxy groups -OCH3 is 1. The van der Waals surface area contributed by atoms with E-state index in [9.17, 15) is 24.0 Å². The molecule has 0 unspecified atom stereocenters. The van der Waals surface area contributed by atoms with Gasteiger partial charge in [-0.2, -0.15) is 0 Å². The van der Waals surface area contributed by atoms with E-state index in [1.165, 1.54) is 27.7 Å². The van der Waals surface area contributed by atoms with Crippen LogP contribution in [0.2, 0.25) is 0 Å². The normalized spacial score (nSPS) is 32.8. The monoisotopic (exact) mass is 340 g/mol. The van der Waals surface area contributed by atoms with Crippen LogP contribution < -0.4 is 0 Å². The SMILES string of the molecule is COC(=O)C[C@]1(C(C)=O)O[C@@H](C)[C@H](C(C)=O)[C@@H](C(C)=O)[C@H]1C(C)=O. The lowest BCUT2D eigenvalue weighted by molar-refractivity contribution is -0.209. The molecule has 0 aliphatic carbocycles. The Morgan fingerprint density at radius 2 is 1.42 bits per heavy atom. The first-order valence-corrected chi connectivity index (χ1v) is 7.76. The first kappa shape index (κ1) is 20.2. The predicted octanol–water partition coefficient (Wildman–Crippen LogP) is 0.912. The second kappa shape index (κ2) is 7.34. The Kier molecular flexibility index (Phi) is 6.16. The molecule has 1 heterocycles. The quantitative estimate of drug-likeness (QED) is 0.662. The predicted molar refractivity (Wildman–Crippen MR) is 83.1 cm³/mol. The zero-order chi connectivity index (χ0) is 18.8. The number of hydrogen-bond acceptors (Lipinski definition) is 7. The van der Waals surface area contributed by atoms with Crippen LogP contribution in [-0.2, 0) is 33.4 Å². The number of ether oxygens (including phenoxy) is 2. The molecule has 0 aromatic rings. The van der Waals surface area contributed by atoms with Crippen molar-refractivity contribution < 1.29 is 33.4 Å². The van der Waals surface area contributed by atoms with Gasteiger partial charge in [0, 0.05) is 5.92 Å². The van der Waals surface area contributed by atoms with Crippen molar-refractivity contribution in [3.05, 3.63) is 0 Å². The second-order valence-corrected chi connectivity index (χ2v) is 6.38. The second-order valence-electron chi connectivity index (χ2n) is 6.38. The average molecular weight is 340 g/mol. The van der Waals surface area contributed by atoms with E-state index >= 15 is 0 Å². The Morgan fingerprint density at radius 3 is 1.75 bits per heavy atom. The Bertz CT molecular complexity index is 579. The minimum atomic E-state index is -1.80. The van der Waals surface area contributed by atoms with E-state index < -0.39 is 53.4 Å². The van der Waals surface area contributed by atoms with E-state index in [2.05, 4.69) is 4.74 Å². The summed E-state index contributed by atoms with van der Waals surface area (Å²) >= 11 is 0. The van der Waals surface area contributed by atoms with Gasteiger partial charge in [0.2, 0.25) is 0 Å². The summed E-state index contributed by atoms with van der Waals surface area (Å²) in [7, 11) is 1.16. The number of carbonyl (C=O) groups is 5. The molecule has 0 aromatic heterocycles. The molecule has 7 nitrogen and oxygen atoms in total. The van der Waals surface area contributed by atoms with Crippen molar-refractivity contribution in [2.75, 3.05) is 7.11 Å². The zero-order valence-corrected chi connectivity index (χ0v) is 14.9. The fourth-order valence-corrected chi connectivity index (χ4v) is 3.78. The number of hydrogen-bond donors (Lipinski definition) is 0. The van der Waals surface area contributed by atoms with Gasteiger partial charge in [-0.15, -0.1) is 0 Å². The molecule has 0 spiro atoms. The fourth-order valence-electron chi connectivity index (χ4n) is 3.78. The summed E-state index contributed by atoms with van der Waals surface area (Å²) in [5, 5.41) is 0. The van der Waals surface area contributed by atoms with Crippen molar-refractivity contribution in [2.45, 2.75) is 52.7 Å². The van der Waals surface area contributed by atoms with Crippen molar-refractivity contribution >= 4 is 29.1 Å². The summed E-state index contributed by atoms with van der Waals surface area (Å²) in [6.07, 6.45) is -1.28. The maximum absolute atomic E-state index is 12.4. The molecular weight excluding hydrogens is 316 g/mol. The van der Waals surface area contributed by atoms with Gasteiger partial charge >= 0.3 is 5.97 Å². The van der Waals surface area contributed by atoms with Gasteiger partial charge in [-0.3, -0.25) is 24.0 Å². The molecule has 1 fully saturated rings. The Balaban J connectivity index is 3.60. The zero-order valence-electron chi connectivity index (χ0n) is 14.9. The molecule has 0 N–H and O–H groups in total. The molecule has 134 valence electrons. The molecule has 0 bridgehead atoms. The number of esters is 1. The smallest absolute Gasteiger partial charge is 0.308 e. The van der Waals surface area contributed by atoms with E-state index in [0.29, 0.717) is 0 Å². The van der Waals surface area contributed by atoms with Gasteiger partial charge in [-0.1, -0.05) is 0 Å². The van der Waals surface area contributed by atoms with Crippen LogP contribution in [0, 0.1) is 17.8 Å². The van der Waals surface area contributed by atoms with E-state index in [1.54, 1.807) is 6.92 Å². The highest BCUT2D eigenvalue weighted by molar-refractivity contribution is 6.00. The van der Waals surface area contributed by atoms with E-state index in [-0.39, 0.29) is 11.6 Å². The molecule has 0 saturated carbocycles. The average Bonchev–Trinajstić information content (AvgIpc) is 2.44. The van der Waals surface area contributed by atoms with Gasteiger partial charge in [0.1, 0.15) is 23.0 Å². The Morgan fingerprint density at radius 1 is 0.917 bits per heavy atom. The van der Waals surface area contributed by atoms with Gasteiger partial charge in [-0.05, 0) is 34.6 Å². The third-order valence-electron chi connectivity index (χ3n) is 4.76. The Labute approximate surface area is 141 Å². The largest absolute Gasteiger partial charge is 0.469 e. The van der Waals surface area contributed by atoms with Gasteiger partial charge in [0.05, 0.1) is 31.5 Å². The molecular formula is C17H24O7. The molecule has 1 aliphatic heterocycles. The third kappa shape index (κ3) is 3.45. The highest BCUT2D eigenvalue weighted by atomic mass is 16.5. The lowest BCUT2D eigenvalue weighted by atomic mass is 9.62. The summed E-state index contributed by atoms with van der Waals surface area (Å²) in [6, 6.07) is 0. The molecule has 1 rings (SSSR count). The summed E-state index contributed by atoms with van der Waals surface area (Å²) in [6.45, 7) is 6.59. The molecule has 1 saturated heterocycles. The number of carbonyl (C=O) groups excluding carboxylic acids is 5. The van der Waals surface area contributed by atoms with Gasteiger partial charge in [-0.25, -0.2) is 0 Å². The van der Waals surface area contributed by atoms with Crippen LogP contribution in [0.4, 0.5) is 0 Å². The Hall–Kier alpha value is -1.89. The topological polar surface area (TPSA) is 104 Å². The van der Waals surface area contributed by atoms with Crippen LogP contribution in [0.25, 0.3) is 0 Å². The van der Waals surface area contributed by atoms with Crippen molar-refractivity contribution in [3.63, 3.8) is 0 Å². The number of Topliss-reactive ketones (excluding diaryl/α,β-unsaturated/α-hetero) is 4. The van der Waals surface area contributed by atoms with Crippen LogP contribution in [0.3, 0.4) is 0 Å². The third-order valence-corrected chi connectivity index (χ3v) is 4.76. The molecule has 1 aliphatic rings. The van der Waals surface area contributed by atoms with Crippen LogP contribution in [-0.4, -0.2) is 47.9 Å². The number of ketones is 4. The van der Waals surface area contributed by atoms with Crippen LogP contribution in [0.5, 0.6) is 0 Å². The van der Waals surface area contributed by atoms with E-state index in [1.807, 2.05) is 0 Å². The van der Waals surface area contributed by atoms with E-state index in [0.717, 1.165) is 7.11 Å². The minimum Gasteiger partial charge on any atom is -0.469 e. The first-order chi connectivity index (χ1) is 11.0. The summed E-state index contributed by atoms with van der Waals surface area (Å²) in [5.41, 5.74) is -1.80. The van der Waals surface area contributed by atoms with Crippen molar-refractivity contribution in [1.82, 2.24) is 0 Å². The lowest BCUT2D eigenvalue weighted by Crippen LogP contribution is -2.64. The maximum atomic E-state index is 12.4. The van der Waals surface area contributed by atoms with Crippen molar-refractivity contribution in [2.24, 2.45) is 17.8 Å². The summed E-state index contributed by atoms with van der Waals surface area (Å²) in [5.74, 6) is -5.52. The molecule has 7 heteroatoms. The fraction of sp³-hybridized carbons (Fsp3) is 0.706. The molecule has 0 radical (unpaired) electrons. The molecule has 24 heavy (non-hydrogen) atoms. The van der Waals surface area contributed by atoms with Crippen molar-refractivity contribution in [1.29, 1.82) is 0 Å². The highest BCUT2D eigenvalue weighted by Gasteiger charge is 2.60.